The zero-order chi connectivity index (χ0) is 17.9. The van der Waals surface area contributed by atoms with Crippen LogP contribution in [-0.2, 0) is 4.79 Å². The number of anilines is 1. The number of hydrogen-bond acceptors (Lipinski definition) is 4. The molecule has 1 aromatic heterocycles. The summed E-state index contributed by atoms with van der Waals surface area (Å²) in [6, 6.07) is 18.9. The van der Waals surface area contributed by atoms with E-state index >= 15 is 0 Å². The number of carbonyl (C=O) groups is 1. The molecule has 5 heteroatoms. The minimum absolute atomic E-state index is 0.147. The van der Waals surface area contributed by atoms with Gasteiger partial charge in [0.25, 0.3) is 0 Å². The maximum atomic E-state index is 13.1. The van der Waals surface area contributed by atoms with Gasteiger partial charge in [-0.3, -0.25) is 9.78 Å². The third-order valence-electron chi connectivity index (χ3n) is 4.30. The molecule has 2 heterocycles. The summed E-state index contributed by atoms with van der Waals surface area (Å²) in [7, 11) is 0. The second-order valence-corrected chi connectivity index (χ2v) is 6.16. The van der Waals surface area contributed by atoms with Crippen molar-refractivity contribution in [2.24, 2.45) is 0 Å². The predicted molar refractivity (Wildman–Crippen MR) is 98.5 cm³/mol. The molecule has 5 nitrogen and oxygen atoms in total. The van der Waals surface area contributed by atoms with Crippen LogP contribution in [0.4, 0.5) is 5.69 Å². The number of carbonyl (C=O) groups excluding carboxylic acids is 1. The van der Waals surface area contributed by atoms with Crippen molar-refractivity contribution in [3.63, 3.8) is 0 Å². The number of rotatable bonds is 4. The molecule has 0 saturated carbocycles. The molecular formula is C21H18N2O3. The zero-order valence-corrected chi connectivity index (χ0v) is 14.3. The van der Waals surface area contributed by atoms with Crippen molar-refractivity contribution in [1.29, 1.82) is 0 Å². The maximum Gasteiger partial charge on any atom is 0.237 e. The van der Waals surface area contributed by atoms with Crippen LogP contribution in [-0.4, -0.2) is 17.7 Å². The molecule has 4 rings (SSSR count). The summed E-state index contributed by atoms with van der Waals surface area (Å²) in [6.07, 6.45) is 1.70. The van der Waals surface area contributed by atoms with E-state index in [1.54, 1.807) is 24.4 Å². The van der Waals surface area contributed by atoms with Crippen molar-refractivity contribution in [1.82, 2.24) is 4.98 Å². The largest absolute Gasteiger partial charge is 0.454 e. The normalized spacial score (nSPS) is 13.3. The van der Waals surface area contributed by atoms with Crippen molar-refractivity contribution in [2.45, 2.75) is 12.8 Å². The monoisotopic (exact) mass is 346 g/mol. The van der Waals surface area contributed by atoms with E-state index in [9.17, 15) is 4.79 Å². The molecule has 130 valence electrons. The molecule has 0 fully saturated rings. The molecule has 2 aromatic carbocycles. The van der Waals surface area contributed by atoms with Gasteiger partial charge in [-0.25, -0.2) is 0 Å². The van der Waals surface area contributed by atoms with Gasteiger partial charge < -0.3 is 14.8 Å². The van der Waals surface area contributed by atoms with Crippen LogP contribution in [0.5, 0.6) is 11.5 Å². The van der Waals surface area contributed by atoms with Gasteiger partial charge in [0, 0.05) is 18.0 Å². The van der Waals surface area contributed by atoms with Gasteiger partial charge in [-0.05, 0) is 36.8 Å². The number of amides is 1. The van der Waals surface area contributed by atoms with Gasteiger partial charge in [-0.1, -0.05) is 35.9 Å². The first-order valence-electron chi connectivity index (χ1n) is 8.39. The van der Waals surface area contributed by atoms with Gasteiger partial charge in [-0.15, -0.1) is 0 Å². The molecule has 1 atom stereocenters. The minimum atomic E-state index is -0.498. The third kappa shape index (κ3) is 3.24. The molecule has 1 unspecified atom stereocenters. The SMILES string of the molecule is Cc1ccc(C(C(=O)Nc2ccc3c(c2)OCO3)c2ccccn2)cc1. The number of ether oxygens (including phenoxy) is 2. The molecule has 0 saturated heterocycles. The molecule has 0 spiro atoms. The van der Waals surface area contributed by atoms with Crippen LogP contribution in [0.2, 0.25) is 0 Å². The Morgan fingerprint density at radius 2 is 1.85 bits per heavy atom. The lowest BCUT2D eigenvalue weighted by Gasteiger charge is -2.17. The Bertz CT molecular complexity index is 924. The fourth-order valence-electron chi connectivity index (χ4n) is 2.95. The van der Waals surface area contributed by atoms with Crippen molar-refractivity contribution >= 4 is 11.6 Å². The Morgan fingerprint density at radius 3 is 2.62 bits per heavy atom. The Kier molecular flexibility index (Phi) is 4.27. The summed E-state index contributed by atoms with van der Waals surface area (Å²) >= 11 is 0. The van der Waals surface area contributed by atoms with E-state index in [-0.39, 0.29) is 12.7 Å². The van der Waals surface area contributed by atoms with E-state index in [1.165, 1.54) is 0 Å². The Balaban J connectivity index is 1.65. The average Bonchev–Trinajstić information content (AvgIpc) is 3.12. The minimum Gasteiger partial charge on any atom is -0.454 e. The van der Waals surface area contributed by atoms with Crippen molar-refractivity contribution < 1.29 is 14.3 Å². The molecular weight excluding hydrogens is 328 g/mol. The van der Waals surface area contributed by atoms with Gasteiger partial charge >= 0.3 is 0 Å². The lowest BCUT2D eigenvalue weighted by molar-refractivity contribution is -0.116. The lowest BCUT2D eigenvalue weighted by Crippen LogP contribution is -2.23. The molecule has 0 radical (unpaired) electrons. The van der Waals surface area contributed by atoms with Gasteiger partial charge in [0.1, 0.15) is 5.92 Å². The number of pyridine rings is 1. The highest BCUT2D eigenvalue weighted by Crippen LogP contribution is 2.35. The molecule has 1 amide bonds. The maximum absolute atomic E-state index is 13.1. The van der Waals surface area contributed by atoms with E-state index in [4.69, 9.17) is 9.47 Å². The fraction of sp³-hybridized carbons (Fsp3) is 0.143. The summed E-state index contributed by atoms with van der Waals surface area (Å²) in [5.74, 6) is 0.670. The van der Waals surface area contributed by atoms with Gasteiger partial charge in [0.05, 0.1) is 5.69 Å². The van der Waals surface area contributed by atoms with Crippen LogP contribution >= 0.6 is 0 Å². The fourth-order valence-corrected chi connectivity index (χ4v) is 2.95. The molecule has 0 bridgehead atoms. The van der Waals surface area contributed by atoms with E-state index in [2.05, 4.69) is 10.3 Å². The second kappa shape index (κ2) is 6.88. The number of aryl methyl sites for hydroxylation is 1. The first-order chi connectivity index (χ1) is 12.7. The predicted octanol–water partition coefficient (Wildman–Crippen LogP) is 3.89. The van der Waals surface area contributed by atoms with Crippen molar-refractivity contribution in [3.05, 3.63) is 83.7 Å². The summed E-state index contributed by atoms with van der Waals surface area (Å²) in [4.78, 5) is 17.5. The highest BCUT2D eigenvalue weighted by molar-refractivity contribution is 5.98. The Hall–Kier alpha value is -3.34. The number of fused-ring (bicyclic) bond motifs is 1. The summed E-state index contributed by atoms with van der Waals surface area (Å²) < 4.78 is 10.7. The number of nitrogens with zero attached hydrogens (tertiary/aromatic N) is 1. The van der Waals surface area contributed by atoms with Crippen LogP contribution in [0.1, 0.15) is 22.7 Å². The molecule has 26 heavy (non-hydrogen) atoms. The highest BCUT2D eigenvalue weighted by Gasteiger charge is 2.24. The summed E-state index contributed by atoms with van der Waals surface area (Å²) in [5, 5.41) is 2.97. The van der Waals surface area contributed by atoms with Crippen LogP contribution in [0, 0.1) is 6.92 Å². The van der Waals surface area contributed by atoms with Crippen LogP contribution < -0.4 is 14.8 Å². The van der Waals surface area contributed by atoms with Crippen molar-refractivity contribution in [3.8, 4) is 11.5 Å². The van der Waals surface area contributed by atoms with E-state index in [1.807, 2.05) is 49.4 Å². The average molecular weight is 346 g/mol. The van der Waals surface area contributed by atoms with Crippen molar-refractivity contribution in [2.75, 3.05) is 12.1 Å². The quantitative estimate of drug-likeness (QED) is 0.778. The number of benzene rings is 2. The summed E-state index contributed by atoms with van der Waals surface area (Å²) in [5.41, 5.74) is 3.40. The highest BCUT2D eigenvalue weighted by atomic mass is 16.7. The van der Waals surface area contributed by atoms with Crippen LogP contribution in [0.15, 0.2) is 66.9 Å². The first kappa shape index (κ1) is 16.1. The molecule has 0 aliphatic carbocycles. The number of aromatic nitrogens is 1. The lowest BCUT2D eigenvalue weighted by atomic mass is 9.93. The van der Waals surface area contributed by atoms with E-state index in [0.29, 0.717) is 22.9 Å². The molecule has 1 N–H and O–H groups in total. The van der Waals surface area contributed by atoms with Crippen LogP contribution in [0.25, 0.3) is 0 Å². The zero-order valence-electron chi connectivity index (χ0n) is 14.3. The number of nitrogens with one attached hydrogen (secondary N) is 1. The molecule has 1 aliphatic heterocycles. The van der Waals surface area contributed by atoms with Gasteiger partial charge in [-0.2, -0.15) is 0 Å². The Morgan fingerprint density at radius 1 is 1.04 bits per heavy atom. The second-order valence-electron chi connectivity index (χ2n) is 6.16. The van der Waals surface area contributed by atoms with Gasteiger partial charge in [0.2, 0.25) is 12.7 Å². The van der Waals surface area contributed by atoms with E-state index in [0.717, 1.165) is 11.1 Å². The first-order valence-corrected chi connectivity index (χ1v) is 8.39. The standard InChI is InChI=1S/C21H18N2O3/c1-14-5-7-15(8-6-14)20(17-4-2-3-11-22-17)21(24)23-16-9-10-18-19(12-16)26-13-25-18/h2-12,20H,13H2,1H3,(H,23,24). The smallest absolute Gasteiger partial charge is 0.237 e. The third-order valence-corrected chi connectivity index (χ3v) is 4.30. The summed E-state index contributed by atoms with van der Waals surface area (Å²) in [6.45, 7) is 2.22. The molecule has 3 aromatic rings. The Labute approximate surface area is 151 Å². The number of hydrogen-bond donors (Lipinski definition) is 1. The van der Waals surface area contributed by atoms with Crippen LogP contribution in [0.3, 0.4) is 0 Å². The van der Waals surface area contributed by atoms with Gasteiger partial charge in [0.15, 0.2) is 11.5 Å². The molecule has 1 aliphatic rings. The topological polar surface area (TPSA) is 60.5 Å². The van der Waals surface area contributed by atoms with E-state index < -0.39 is 5.92 Å².